The maximum absolute atomic E-state index is 8.82. The molecule has 0 bridgehead atoms. The number of ether oxygens (including phenoxy) is 1. The lowest BCUT2D eigenvalue weighted by Gasteiger charge is -2.16. The first-order chi connectivity index (χ1) is 14.0. The highest BCUT2D eigenvalue weighted by atomic mass is 16.5. The highest BCUT2D eigenvalue weighted by Gasteiger charge is 2.16. The van der Waals surface area contributed by atoms with Gasteiger partial charge in [-0.2, -0.15) is 0 Å². The highest BCUT2D eigenvalue weighted by molar-refractivity contribution is 6.22. The van der Waals surface area contributed by atoms with E-state index in [1.165, 1.54) is 18.4 Å². The lowest BCUT2D eigenvalue weighted by Crippen LogP contribution is -2.20. The smallest absolute Gasteiger partial charge is 0.146 e. The molecule has 0 aromatic heterocycles. The second kappa shape index (κ2) is 12.2. The van der Waals surface area contributed by atoms with Crippen molar-refractivity contribution in [3.8, 4) is 0 Å². The lowest BCUT2D eigenvalue weighted by atomic mass is 10.0. The van der Waals surface area contributed by atoms with Crippen LogP contribution in [-0.2, 0) is 11.2 Å². The van der Waals surface area contributed by atoms with E-state index in [2.05, 4.69) is 24.4 Å². The minimum Gasteiger partial charge on any atom is -0.491 e. The summed E-state index contributed by atoms with van der Waals surface area (Å²) in [4.78, 5) is 4.71. The van der Waals surface area contributed by atoms with Crippen molar-refractivity contribution >= 4 is 17.1 Å². The molecule has 0 saturated carbocycles. The fraction of sp³-hybridized carbons (Fsp3) is 0.478. The van der Waals surface area contributed by atoms with Gasteiger partial charge in [0.15, 0.2) is 0 Å². The van der Waals surface area contributed by atoms with Gasteiger partial charge in [-0.25, -0.2) is 4.99 Å². The molecule has 0 aliphatic heterocycles. The number of rotatable bonds is 12. The van der Waals surface area contributed by atoms with E-state index in [-0.39, 0.29) is 6.61 Å². The molecule has 0 atom stereocenters. The van der Waals surface area contributed by atoms with Gasteiger partial charge in [-0.1, -0.05) is 38.3 Å². The van der Waals surface area contributed by atoms with Gasteiger partial charge in [0.05, 0.1) is 36.0 Å². The number of aryl methyl sites for hydroxylation is 1. The van der Waals surface area contributed by atoms with Crippen LogP contribution in [0.2, 0.25) is 0 Å². The fourth-order valence-corrected chi connectivity index (χ4v) is 3.08. The summed E-state index contributed by atoms with van der Waals surface area (Å²) in [6, 6.07) is 6.18. The third-order valence-corrected chi connectivity index (χ3v) is 4.77. The molecule has 6 nitrogen and oxygen atoms in total. The van der Waals surface area contributed by atoms with E-state index >= 15 is 0 Å². The van der Waals surface area contributed by atoms with Gasteiger partial charge in [-0.05, 0) is 49.6 Å². The molecule has 0 unspecified atom stereocenters. The first kappa shape index (κ1) is 22.8. The molecule has 0 heterocycles. The maximum atomic E-state index is 8.82. The predicted molar refractivity (Wildman–Crippen MR) is 120 cm³/mol. The number of nitrogens with two attached hydrogens (primary N) is 1. The van der Waals surface area contributed by atoms with Gasteiger partial charge >= 0.3 is 0 Å². The number of unbranched alkanes of at least 4 members (excludes halogenated alkanes) is 3. The van der Waals surface area contributed by atoms with Gasteiger partial charge in [-0.3, -0.25) is 5.41 Å². The lowest BCUT2D eigenvalue weighted by molar-refractivity contribution is 0.223. The second-order valence-corrected chi connectivity index (χ2v) is 7.27. The summed E-state index contributed by atoms with van der Waals surface area (Å²) in [7, 11) is 0. The van der Waals surface area contributed by atoms with Crippen molar-refractivity contribution in [2.24, 2.45) is 10.7 Å². The molecule has 158 valence electrons. The van der Waals surface area contributed by atoms with Crippen LogP contribution in [0, 0.1) is 12.3 Å². The first-order valence-corrected chi connectivity index (χ1v) is 10.5. The van der Waals surface area contributed by atoms with Crippen LogP contribution < -0.4 is 11.1 Å². The topological polar surface area (TPSA) is 104 Å². The van der Waals surface area contributed by atoms with Crippen molar-refractivity contribution < 1.29 is 9.84 Å². The highest BCUT2D eigenvalue weighted by Crippen LogP contribution is 2.23. The number of hydrogen-bond acceptors (Lipinski definition) is 6. The van der Waals surface area contributed by atoms with Crippen LogP contribution in [0.25, 0.3) is 0 Å². The van der Waals surface area contributed by atoms with E-state index in [1.807, 2.05) is 13.0 Å². The van der Waals surface area contributed by atoms with Crippen LogP contribution in [0.4, 0.5) is 5.69 Å². The minimum absolute atomic E-state index is 0.153. The number of aliphatic imine (C=N–C) groups is 1. The van der Waals surface area contributed by atoms with Gasteiger partial charge in [-0.15, -0.1) is 0 Å². The van der Waals surface area contributed by atoms with E-state index in [4.69, 9.17) is 26.0 Å². The van der Waals surface area contributed by atoms with Crippen LogP contribution in [-0.4, -0.2) is 42.8 Å². The quantitative estimate of drug-likeness (QED) is 0.319. The predicted octanol–water partition coefficient (Wildman–Crippen LogP) is 3.55. The van der Waals surface area contributed by atoms with Crippen molar-refractivity contribution in [2.45, 2.75) is 46.0 Å². The monoisotopic (exact) mass is 398 g/mol. The standard InChI is InChI=1S/C23H34N4O2/c1-3-4-5-6-13-29-23-16-22(19(24)15-20(23)25)27-21-8-7-18(14-17(21)2)9-10-26-11-12-28/h7-8,14-16,25-26,28H,3-6,9-13,24H2,1-2H3. The van der Waals surface area contributed by atoms with E-state index in [0.29, 0.717) is 36.0 Å². The largest absolute Gasteiger partial charge is 0.491 e. The van der Waals surface area contributed by atoms with Crippen LogP contribution in [0.3, 0.4) is 0 Å². The van der Waals surface area contributed by atoms with Crippen molar-refractivity contribution in [1.29, 1.82) is 5.41 Å². The van der Waals surface area contributed by atoms with Gasteiger partial charge in [0.2, 0.25) is 0 Å². The number of nitrogens with one attached hydrogen (secondary N) is 2. The van der Waals surface area contributed by atoms with Crippen molar-refractivity contribution in [2.75, 3.05) is 26.3 Å². The molecule has 2 rings (SSSR count). The van der Waals surface area contributed by atoms with Crippen LogP contribution >= 0.6 is 0 Å². The molecule has 0 radical (unpaired) electrons. The van der Waals surface area contributed by atoms with Gasteiger partial charge < -0.3 is 20.9 Å². The van der Waals surface area contributed by atoms with E-state index in [9.17, 15) is 0 Å². The van der Waals surface area contributed by atoms with E-state index in [1.54, 1.807) is 12.2 Å². The Morgan fingerprint density at radius 1 is 1.17 bits per heavy atom. The molecule has 1 aromatic rings. The zero-order valence-electron chi connectivity index (χ0n) is 17.6. The fourth-order valence-electron chi connectivity index (χ4n) is 3.08. The summed E-state index contributed by atoms with van der Waals surface area (Å²) < 4.78 is 5.80. The average Bonchev–Trinajstić information content (AvgIpc) is 2.70. The molecule has 5 N–H and O–H groups in total. The normalized spacial score (nSPS) is 15.4. The molecular formula is C23H34N4O2. The van der Waals surface area contributed by atoms with Crippen LogP contribution in [0.15, 0.2) is 46.8 Å². The number of aliphatic hydroxyl groups is 1. The van der Waals surface area contributed by atoms with Crippen molar-refractivity contribution in [3.05, 3.63) is 52.9 Å². The van der Waals surface area contributed by atoms with E-state index < -0.39 is 0 Å². The Balaban J connectivity index is 2.06. The second-order valence-electron chi connectivity index (χ2n) is 7.27. The van der Waals surface area contributed by atoms with Crippen LogP contribution in [0.5, 0.6) is 0 Å². The summed E-state index contributed by atoms with van der Waals surface area (Å²) in [6.07, 6.45) is 8.78. The Labute approximate surface area is 174 Å². The molecule has 29 heavy (non-hydrogen) atoms. The Morgan fingerprint density at radius 3 is 2.72 bits per heavy atom. The minimum atomic E-state index is 0.153. The van der Waals surface area contributed by atoms with Crippen molar-refractivity contribution in [3.63, 3.8) is 0 Å². The molecule has 1 aromatic carbocycles. The molecule has 6 heteroatoms. The number of benzene rings is 1. The molecular weight excluding hydrogens is 364 g/mol. The summed E-state index contributed by atoms with van der Waals surface area (Å²) in [5.41, 5.74) is 10.7. The zero-order valence-corrected chi connectivity index (χ0v) is 17.6. The summed E-state index contributed by atoms with van der Waals surface area (Å²) in [5.74, 6) is 0.527. The van der Waals surface area contributed by atoms with Crippen LogP contribution in [0.1, 0.15) is 43.7 Å². The SMILES string of the molecule is CCCCCCOC1=CC(=Nc2ccc(CCNCCO)cc2C)C(N)=CC1=N. The molecule has 1 aliphatic carbocycles. The van der Waals surface area contributed by atoms with Gasteiger partial charge in [0.1, 0.15) is 5.76 Å². The summed E-state index contributed by atoms with van der Waals surface area (Å²) in [6.45, 7) is 6.41. The Kier molecular flexibility index (Phi) is 9.60. The first-order valence-electron chi connectivity index (χ1n) is 10.5. The van der Waals surface area contributed by atoms with E-state index in [0.717, 1.165) is 37.1 Å². The molecule has 0 fully saturated rings. The number of aliphatic hydroxyl groups excluding tert-OH is 1. The van der Waals surface area contributed by atoms with Crippen molar-refractivity contribution in [1.82, 2.24) is 5.32 Å². The Hall–Kier alpha value is -2.44. The molecule has 0 spiro atoms. The molecule has 0 saturated heterocycles. The third-order valence-electron chi connectivity index (χ3n) is 4.77. The molecule has 1 aliphatic rings. The Bertz CT molecular complexity index is 781. The maximum Gasteiger partial charge on any atom is 0.146 e. The molecule has 0 amide bonds. The van der Waals surface area contributed by atoms with Gasteiger partial charge in [0.25, 0.3) is 0 Å². The number of nitrogens with zero attached hydrogens (tertiary/aromatic N) is 1. The zero-order chi connectivity index (χ0) is 21.1. The third kappa shape index (κ3) is 7.48. The number of allylic oxidation sites excluding steroid dienone is 2. The average molecular weight is 399 g/mol. The summed E-state index contributed by atoms with van der Waals surface area (Å²) in [5, 5.41) is 20.1. The number of hydrogen-bond donors (Lipinski definition) is 4. The summed E-state index contributed by atoms with van der Waals surface area (Å²) >= 11 is 0. The van der Waals surface area contributed by atoms with Gasteiger partial charge in [0, 0.05) is 12.6 Å². The Morgan fingerprint density at radius 2 is 2.00 bits per heavy atom.